The van der Waals surface area contributed by atoms with Gasteiger partial charge in [-0.2, -0.15) is 0 Å². The van der Waals surface area contributed by atoms with Gasteiger partial charge in [-0.3, -0.25) is 9.80 Å². The summed E-state index contributed by atoms with van der Waals surface area (Å²) in [6.07, 6.45) is 5.34. The zero-order valence-electron chi connectivity index (χ0n) is 20.7. The Morgan fingerprint density at radius 1 is 0.771 bits per heavy atom. The second kappa shape index (κ2) is 15.6. The Balaban J connectivity index is 0.000000240. The molecule has 35 heavy (non-hydrogen) atoms. The van der Waals surface area contributed by atoms with Crippen molar-refractivity contribution in [2.45, 2.75) is 46.2 Å². The molecule has 0 bridgehead atoms. The normalized spacial score (nSPS) is 17.6. The van der Waals surface area contributed by atoms with E-state index in [0.29, 0.717) is 12.5 Å². The number of benzene rings is 2. The van der Waals surface area contributed by atoms with Gasteiger partial charge in [-0.25, -0.2) is 0 Å². The van der Waals surface area contributed by atoms with Crippen molar-refractivity contribution in [2.75, 3.05) is 47.0 Å². The van der Waals surface area contributed by atoms with Crippen molar-refractivity contribution >= 4 is 6.29 Å². The molecule has 0 radical (unpaired) electrons. The first kappa shape index (κ1) is 28.8. The van der Waals surface area contributed by atoms with Crippen molar-refractivity contribution in [2.24, 2.45) is 11.8 Å². The number of rotatable bonds is 8. The Morgan fingerprint density at radius 2 is 1.17 bits per heavy atom. The summed E-state index contributed by atoms with van der Waals surface area (Å²) < 4.78 is 10.3. The molecule has 2 aliphatic rings. The number of ether oxygens (including phenoxy) is 2. The number of aliphatic hydroxyl groups excluding tert-OH is 1. The van der Waals surface area contributed by atoms with Crippen LogP contribution in [-0.4, -0.2) is 68.2 Å². The second-order valence-electron chi connectivity index (χ2n) is 9.35. The third-order valence-electron chi connectivity index (χ3n) is 6.92. The Labute approximate surface area is 211 Å². The minimum atomic E-state index is 0. The highest BCUT2D eigenvalue weighted by Gasteiger charge is 2.19. The standard InChI is InChI=1S/C14H21NO2.C14H19NO2.CH4/c2*1-17-14-4-2-12(3-5-14)10-15-8-6-13(11-16)7-9-15;/h2-5,13,16H,6-11H2,1H3;2-5,11,13H,6-10H2,1H3;1H4. The molecule has 2 aromatic carbocycles. The lowest BCUT2D eigenvalue weighted by Crippen LogP contribution is -2.34. The van der Waals surface area contributed by atoms with E-state index < -0.39 is 0 Å². The van der Waals surface area contributed by atoms with Gasteiger partial charge in [0.2, 0.25) is 0 Å². The van der Waals surface area contributed by atoms with E-state index in [0.717, 1.165) is 82.7 Å². The molecular formula is C29H44N2O4. The van der Waals surface area contributed by atoms with Gasteiger partial charge in [-0.15, -0.1) is 0 Å². The number of aldehydes is 1. The molecule has 6 nitrogen and oxygen atoms in total. The smallest absolute Gasteiger partial charge is 0.123 e. The van der Waals surface area contributed by atoms with Crippen LogP contribution < -0.4 is 9.47 Å². The number of aliphatic hydroxyl groups is 1. The van der Waals surface area contributed by atoms with Crippen molar-refractivity contribution in [3.05, 3.63) is 59.7 Å². The van der Waals surface area contributed by atoms with Gasteiger partial charge in [0, 0.05) is 25.6 Å². The van der Waals surface area contributed by atoms with E-state index in [1.54, 1.807) is 14.2 Å². The molecule has 2 heterocycles. The maximum absolute atomic E-state index is 10.7. The summed E-state index contributed by atoms with van der Waals surface area (Å²) in [6, 6.07) is 16.5. The van der Waals surface area contributed by atoms with Crippen molar-refractivity contribution < 1.29 is 19.4 Å². The predicted molar refractivity (Wildman–Crippen MR) is 142 cm³/mol. The molecule has 0 aromatic heterocycles. The van der Waals surface area contributed by atoms with Gasteiger partial charge >= 0.3 is 0 Å². The first-order valence-electron chi connectivity index (χ1n) is 12.4. The first-order chi connectivity index (χ1) is 16.6. The fourth-order valence-electron chi connectivity index (χ4n) is 4.55. The number of methoxy groups -OCH3 is 2. The minimum Gasteiger partial charge on any atom is -0.497 e. The van der Waals surface area contributed by atoms with Crippen LogP contribution in [0.3, 0.4) is 0 Å². The Kier molecular flexibility index (Phi) is 12.8. The Hall–Kier alpha value is -2.41. The van der Waals surface area contributed by atoms with Crippen LogP contribution in [0.5, 0.6) is 11.5 Å². The number of carbonyl (C=O) groups excluding carboxylic acids is 1. The van der Waals surface area contributed by atoms with Crippen LogP contribution in [0, 0.1) is 11.8 Å². The predicted octanol–water partition coefficient (Wildman–Crippen LogP) is 4.64. The van der Waals surface area contributed by atoms with E-state index in [4.69, 9.17) is 14.6 Å². The average molecular weight is 485 g/mol. The van der Waals surface area contributed by atoms with Crippen molar-refractivity contribution in [3.8, 4) is 11.5 Å². The summed E-state index contributed by atoms with van der Waals surface area (Å²) in [5.41, 5.74) is 2.63. The van der Waals surface area contributed by atoms with E-state index in [1.807, 2.05) is 24.3 Å². The van der Waals surface area contributed by atoms with Gasteiger partial charge in [-0.05, 0) is 93.2 Å². The molecule has 2 fully saturated rings. The zero-order valence-corrected chi connectivity index (χ0v) is 20.7. The summed E-state index contributed by atoms with van der Waals surface area (Å²) >= 11 is 0. The lowest BCUT2D eigenvalue weighted by Gasteiger charge is -2.31. The summed E-state index contributed by atoms with van der Waals surface area (Å²) in [5.74, 6) is 2.60. The van der Waals surface area contributed by atoms with Gasteiger partial charge in [-0.1, -0.05) is 31.7 Å². The van der Waals surface area contributed by atoms with Gasteiger partial charge in [0.05, 0.1) is 14.2 Å². The number of piperidine rings is 2. The Bertz CT molecular complexity index is 825. The van der Waals surface area contributed by atoms with Crippen LogP contribution in [0.15, 0.2) is 48.5 Å². The molecule has 0 unspecified atom stereocenters. The third-order valence-corrected chi connectivity index (χ3v) is 6.92. The largest absolute Gasteiger partial charge is 0.497 e. The second-order valence-corrected chi connectivity index (χ2v) is 9.35. The first-order valence-corrected chi connectivity index (χ1v) is 12.4. The van der Waals surface area contributed by atoms with E-state index in [2.05, 4.69) is 34.1 Å². The number of nitrogens with zero attached hydrogens (tertiary/aromatic N) is 2. The molecule has 2 saturated heterocycles. The van der Waals surface area contributed by atoms with Crippen molar-refractivity contribution in [1.29, 1.82) is 0 Å². The highest BCUT2D eigenvalue weighted by molar-refractivity contribution is 5.53. The number of carbonyl (C=O) groups is 1. The molecule has 1 N–H and O–H groups in total. The van der Waals surface area contributed by atoms with Gasteiger partial charge < -0.3 is 19.4 Å². The molecule has 194 valence electrons. The maximum atomic E-state index is 10.7. The number of likely N-dealkylation sites (tertiary alicyclic amines) is 2. The van der Waals surface area contributed by atoms with Crippen LogP contribution in [0.2, 0.25) is 0 Å². The SMILES string of the molecule is C.COc1ccc(CN2CCC(C=O)CC2)cc1.COc1ccc(CN2CCC(CO)CC2)cc1. The van der Waals surface area contributed by atoms with Crippen LogP contribution >= 0.6 is 0 Å². The van der Waals surface area contributed by atoms with Crippen LogP contribution in [0.4, 0.5) is 0 Å². The molecule has 4 rings (SSSR count). The van der Waals surface area contributed by atoms with Crippen molar-refractivity contribution in [3.63, 3.8) is 0 Å². The quantitative estimate of drug-likeness (QED) is 0.551. The minimum absolute atomic E-state index is 0. The summed E-state index contributed by atoms with van der Waals surface area (Å²) in [6.45, 7) is 6.55. The fraction of sp³-hybridized carbons (Fsp3) is 0.552. The molecular weight excluding hydrogens is 440 g/mol. The molecule has 0 spiro atoms. The van der Waals surface area contributed by atoms with E-state index in [9.17, 15) is 4.79 Å². The van der Waals surface area contributed by atoms with Crippen LogP contribution in [0.25, 0.3) is 0 Å². The molecule has 2 aliphatic heterocycles. The van der Waals surface area contributed by atoms with E-state index in [1.165, 1.54) is 11.1 Å². The molecule has 0 atom stereocenters. The molecule has 2 aromatic rings. The third kappa shape index (κ3) is 9.63. The van der Waals surface area contributed by atoms with Crippen LogP contribution in [-0.2, 0) is 17.9 Å². The van der Waals surface area contributed by atoms with Gasteiger partial charge in [0.1, 0.15) is 17.8 Å². The van der Waals surface area contributed by atoms with Crippen molar-refractivity contribution in [1.82, 2.24) is 9.80 Å². The summed E-state index contributed by atoms with van der Waals surface area (Å²) in [7, 11) is 3.37. The summed E-state index contributed by atoms with van der Waals surface area (Å²) in [5, 5.41) is 9.09. The molecule has 6 heteroatoms. The molecule has 0 amide bonds. The Morgan fingerprint density at radius 3 is 1.51 bits per heavy atom. The number of hydrogen-bond acceptors (Lipinski definition) is 6. The fourth-order valence-corrected chi connectivity index (χ4v) is 4.55. The van der Waals surface area contributed by atoms with Crippen LogP contribution in [0.1, 0.15) is 44.2 Å². The molecule has 0 saturated carbocycles. The summed E-state index contributed by atoms with van der Waals surface area (Å²) in [4.78, 5) is 15.5. The monoisotopic (exact) mass is 484 g/mol. The topological polar surface area (TPSA) is 62.2 Å². The molecule has 0 aliphatic carbocycles. The lowest BCUT2D eigenvalue weighted by atomic mass is 9.97. The maximum Gasteiger partial charge on any atom is 0.123 e. The highest BCUT2D eigenvalue weighted by atomic mass is 16.5. The number of hydrogen-bond donors (Lipinski definition) is 1. The average Bonchev–Trinajstić information content (AvgIpc) is 2.91. The van der Waals surface area contributed by atoms with Gasteiger partial charge in [0.25, 0.3) is 0 Å². The zero-order chi connectivity index (χ0) is 24.2. The van der Waals surface area contributed by atoms with E-state index >= 15 is 0 Å². The van der Waals surface area contributed by atoms with Gasteiger partial charge in [0.15, 0.2) is 0 Å². The van der Waals surface area contributed by atoms with E-state index in [-0.39, 0.29) is 13.3 Å². The lowest BCUT2D eigenvalue weighted by molar-refractivity contribution is -0.112. The highest BCUT2D eigenvalue weighted by Crippen LogP contribution is 2.20.